The second-order valence-electron chi connectivity index (χ2n) is 10.6. The smallest absolute Gasteiger partial charge is 0.317 e. The zero-order chi connectivity index (χ0) is 25.5. The van der Waals surface area contributed by atoms with Crippen LogP contribution in [0.3, 0.4) is 0 Å². The number of aryl methyl sites for hydroxylation is 1. The van der Waals surface area contributed by atoms with E-state index in [2.05, 4.69) is 64.3 Å². The van der Waals surface area contributed by atoms with Crippen LogP contribution in [0.4, 0.5) is 0 Å². The number of unbranched alkanes of at least 4 members (excludes halogenated alkanes) is 5. The maximum atomic E-state index is 12.9. The zero-order valence-corrected chi connectivity index (χ0v) is 22.8. The molecule has 0 saturated heterocycles. The van der Waals surface area contributed by atoms with Gasteiger partial charge >= 0.3 is 5.97 Å². The lowest BCUT2D eigenvalue weighted by Crippen LogP contribution is -2.44. The molecule has 0 aliphatic rings. The summed E-state index contributed by atoms with van der Waals surface area (Å²) in [6, 6.07) is 18.7. The number of ether oxygens (including phenoxy) is 2. The van der Waals surface area contributed by atoms with E-state index in [0.29, 0.717) is 13.0 Å². The summed E-state index contributed by atoms with van der Waals surface area (Å²) < 4.78 is 12.6. The highest BCUT2D eigenvalue weighted by Gasteiger charge is 2.28. The summed E-state index contributed by atoms with van der Waals surface area (Å²) in [5.74, 6) is 0.356. The minimum atomic E-state index is -0.552. The van der Waals surface area contributed by atoms with Crippen LogP contribution in [0, 0.1) is 5.92 Å². The SMILES string of the molecule is CCCCCCCCc1ccc(OC(CCC)OC(=O)C(C)C[N+](C)(C)Cc2ccccc2)cc1. The number of carbonyl (C=O) groups excluding carboxylic acids is 1. The fourth-order valence-corrected chi connectivity index (χ4v) is 4.58. The third-order valence-corrected chi connectivity index (χ3v) is 6.41. The van der Waals surface area contributed by atoms with Gasteiger partial charge in [0.2, 0.25) is 6.29 Å². The summed E-state index contributed by atoms with van der Waals surface area (Å²) in [5.41, 5.74) is 2.61. The first-order chi connectivity index (χ1) is 16.8. The van der Waals surface area contributed by atoms with E-state index in [0.717, 1.165) is 29.6 Å². The van der Waals surface area contributed by atoms with Crippen molar-refractivity contribution >= 4 is 5.97 Å². The standard InChI is InChI=1S/C31H48NO3/c1-6-8-9-10-11-13-17-27-20-22-29(23-21-27)34-30(16-7-2)35-31(33)26(3)24-32(4,5)25-28-18-14-12-15-19-28/h12,14-15,18-23,26,30H,6-11,13,16-17,24-25H2,1-5H3/q+1. The first kappa shape index (κ1) is 28.9. The van der Waals surface area contributed by atoms with Crippen molar-refractivity contribution in [1.29, 1.82) is 0 Å². The number of carbonyl (C=O) groups is 1. The molecule has 0 spiro atoms. The van der Waals surface area contributed by atoms with Gasteiger partial charge in [0.25, 0.3) is 0 Å². The van der Waals surface area contributed by atoms with E-state index < -0.39 is 6.29 Å². The monoisotopic (exact) mass is 482 g/mol. The van der Waals surface area contributed by atoms with Gasteiger partial charge in [0, 0.05) is 12.0 Å². The summed E-state index contributed by atoms with van der Waals surface area (Å²) in [7, 11) is 4.31. The van der Waals surface area contributed by atoms with Crippen LogP contribution in [0.25, 0.3) is 0 Å². The van der Waals surface area contributed by atoms with E-state index in [-0.39, 0.29) is 11.9 Å². The van der Waals surface area contributed by atoms with E-state index in [1.165, 1.54) is 49.7 Å². The highest BCUT2D eigenvalue weighted by molar-refractivity contribution is 5.72. The predicted molar refractivity (Wildman–Crippen MR) is 145 cm³/mol. The number of hydrogen-bond acceptors (Lipinski definition) is 3. The van der Waals surface area contributed by atoms with Gasteiger partial charge in [-0.05, 0) is 43.9 Å². The van der Waals surface area contributed by atoms with E-state index in [1.54, 1.807) is 0 Å². The molecule has 194 valence electrons. The number of nitrogens with zero attached hydrogens (tertiary/aromatic N) is 1. The average molecular weight is 483 g/mol. The van der Waals surface area contributed by atoms with Gasteiger partial charge in [-0.3, -0.25) is 4.79 Å². The second-order valence-corrected chi connectivity index (χ2v) is 10.6. The van der Waals surface area contributed by atoms with Crippen LogP contribution in [0.5, 0.6) is 5.75 Å². The highest BCUT2D eigenvalue weighted by atomic mass is 16.7. The van der Waals surface area contributed by atoms with E-state index in [4.69, 9.17) is 9.47 Å². The van der Waals surface area contributed by atoms with Crippen LogP contribution in [0.15, 0.2) is 54.6 Å². The molecule has 2 rings (SSSR count). The lowest BCUT2D eigenvalue weighted by Gasteiger charge is -2.32. The molecule has 0 saturated carbocycles. The third-order valence-electron chi connectivity index (χ3n) is 6.41. The predicted octanol–water partition coefficient (Wildman–Crippen LogP) is 7.55. The molecule has 0 fully saturated rings. The first-order valence-electron chi connectivity index (χ1n) is 13.6. The molecule has 0 aliphatic heterocycles. The van der Waals surface area contributed by atoms with Gasteiger partial charge in [0.15, 0.2) is 0 Å². The molecule has 2 aromatic carbocycles. The Morgan fingerprint density at radius 1 is 0.829 bits per heavy atom. The molecular formula is C31H48NO3+. The molecule has 0 N–H and O–H groups in total. The summed E-state index contributed by atoms with van der Waals surface area (Å²) in [5, 5.41) is 0. The maximum absolute atomic E-state index is 12.9. The molecule has 4 nitrogen and oxygen atoms in total. The number of quaternary nitrogens is 1. The Morgan fingerprint density at radius 3 is 2.14 bits per heavy atom. The van der Waals surface area contributed by atoms with Crippen LogP contribution in [0.2, 0.25) is 0 Å². The van der Waals surface area contributed by atoms with Crippen molar-refractivity contribution in [1.82, 2.24) is 0 Å². The van der Waals surface area contributed by atoms with Gasteiger partial charge in [-0.1, -0.05) is 88.4 Å². The van der Waals surface area contributed by atoms with Gasteiger partial charge in [-0.2, -0.15) is 0 Å². The van der Waals surface area contributed by atoms with Crippen molar-refractivity contribution in [2.45, 2.75) is 91.4 Å². The lowest BCUT2D eigenvalue weighted by molar-refractivity contribution is -0.905. The van der Waals surface area contributed by atoms with Crippen LogP contribution in [-0.4, -0.2) is 37.4 Å². The summed E-state index contributed by atoms with van der Waals surface area (Å²) in [4.78, 5) is 12.9. The lowest BCUT2D eigenvalue weighted by atomic mass is 10.0. The molecule has 0 aromatic heterocycles. The highest BCUT2D eigenvalue weighted by Crippen LogP contribution is 2.20. The Balaban J connectivity index is 1.82. The van der Waals surface area contributed by atoms with Crippen molar-refractivity contribution in [3.05, 3.63) is 65.7 Å². The Labute approximate surface area is 214 Å². The number of esters is 1. The van der Waals surface area contributed by atoms with Crippen LogP contribution >= 0.6 is 0 Å². The Kier molecular flexibility index (Phi) is 12.9. The Morgan fingerprint density at radius 2 is 1.49 bits per heavy atom. The van der Waals surface area contributed by atoms with E-state index >= 15 is 0 Å². The summed E-state index contributed by atoms with van der Waals surface area (Å²) in [6.07, 6.45) is 9.97. The minimum Gasteiger partial charge on any atom is -0.455 e. The Hall–Kier alpha value is -2.33. The number of hydrogen-bond donors (Lipinski definition) is 0. The minimum absolute atomic E-state index is 0.192. The number of rotatable bonds is 17. The molecule has 35 heavy (non-hydrogen) atoms. The molecule has 0 radical (unpaired) electrons. The van der Waals surface area contributed by atoms with Crippen molar-refractivity contribution in [2.75, 3.05) is 20.6 Å². The Bertz CT molecular complexity index is 832. The van der Waals surface area contributed by atoms with Gasteiger partial charge in [-0.25, -0.2) is 0 Å². The van der Waals surface area contributed by atoms with Crippen LogP contribution in [-0.2, 0) is 22.5 Å². The summed E-state index contributed by atoms with van der Waals surface area (Å²) in [6.45, 7) is 7.87. The molecule has 0 bridgehead atoms. The van der Waals surface area contributed by atoms with Gasteiger partial charge in [0.05, 0.1) is 20.6 Å². The third kappa shape index (κ3) is 11.8. The molecular weight excluding hydrogens is 434 g/mol. The molecule has 2 aromatic rings. The van der Waals surface area contributed by atoms with Crippen LogP contribution in [0.1, 0.15) is 83.3 Å². The van der Waals surface area contributed by atoms with Crippen LogP contribution < -0.4 is 4.74 Å². The molecule has 2 unspecified atom stereocenters. The van der Waals surface area contributed by atoms with Crippen molar-refractivity contribution < 1.29 is 18.8 Å². The zero-order valence-electron chi connectivity index (χ0n) is 22.8. The largest absolute Gasteiger partial charge is 0.455 e. The maximum Gasteiger partial charge on any atom is 0.317 e. The number of benzene rings is 2. The summed E-state index contributed by atoms with van der Waals surface area (Å²) >= 11 is 0. The molecule has 0 aliphatic carbocycles. The first-order valence-corrected chi connectivity index (χ1v) is 13.6. The van der Waals surface area contributed by atoms with Crippen molar-refractivity contribution in [3.63, 3.8) is 0 Å². The quantitative estimate of drug-likeness (QED) is 0.101. The molecule has 0 heterocycles. The molecule has 0 amide bonds. The van der Waals surface area contributed by atoms with Crippen molar-refractivity contribution in [3.8, 4) is 5.75 Å². The van der Waals surface area contributed by atoms with E-state index in [9.17, 15) is 4.79 Å². The average Bonchev–Trinajstić information content (AvgIpc) is 2.82. The fourth-order valence-electron chi connectivity index (χ4n) is 4.58. The van der Waals surface area contributed by atoms with Gasteiger partial charge in [-0.15, -0.1) is 0 Å². The van der Waals surface area contributed by atoms with E-state index in [1.807, 2.05) is 25.1 Å². The fraction of sp³-hybridized carbons (Fsp3) is 0.581. The molecule has 4 heteroatoms. The van der Waals surface area contributed by atoms with Gasteiger partial charge in [0.1, 0.15) is 18.2 Å². The second kappa shape index (κ2) is 15.6. The topological polar surface area (TPSA) is 35.5 Å². The molecule has 2 atom stereocenters. The van der Waals surface area contributed by atoms with Crippen molar-refractivity contribution in [2.24, 2.45) is 5.92 Å². The normalized spacial score (nSPS) is 13.3. The van der Waals surface area contributed by atoms with Gasteiger partial charge < -0.3 is 14.0 Å².